The lowest BCUT2D eigenvalue weighted by Gasteiger charge is -2.16. The van der Waals surface area contributed by atoms with Crippen LogP contribution in [0.5, 0.6) is 0 Å². The predicted octanol–water partition coefficient (Wildman–Crippen LogP) is 3.11. The van der Waals surface area contributed by atoms with Crippen LogP contribution in [-0.2, 0) is 26.9 Å². The average Bonchev–Trinajstić information content (AvgIpc) is 2.91. The molecular formula is C19H20ClN3O3S. The van der Waals surface area contributed by atoms with Crippen molar-refractivity contribution in [3.05, 3.63) is 64.9 Å². The van der Waals surface area contributed by atoms with E-state index in [0.717, 1.165) is 17.3 Å². The standard InChI is InChI=1S/C19H20ClN3O3S/c1-13(14-7-9-15(20)10-8-14)21-19(24)11-23-17-6-4-3-5-16(17)22-18(23)12-27(2,25)26/h3-10,13H,11-12H2,1-2H3,(H,21,24)/t13-/m0/s1. The lowest BCUT2D eigenvalue weighted by atomic mass is 10.1. The normalized spacial score (nSPS) is 12.9. The monoisotopic (exact) mass is 405 g/mol. The van der Waals surface area contributed by atoms with Crippen LogP contribution >= 0.6 is 11.6 Å². The Balaban J connectivity index is 1.83. The van der Waals surface area contributed by atoms with Crippen molar-refractivity contribution in [1.82, 2.24) is 14.9 Å². The average molecular weight is 406 g/mol. The van der Waals surface area contributed by atoms with Gasteiger partial charge in [-0.1, -0.05) is 35.9 Å². The Hall–Kier alpha value is -2.38. The van der Waals surface area contributed by atoms with Crippen molar-refractivity contribution in [1.29, 1.82) is 0 Å². The van der Waals surface area contributed by atoms with E-state index in [1.165, 1.54) is 0 Å². The number of hydrogen-bond donors (Lipinski definition) is 1. The highest BCUT2D eigenvalue weighted by Gasteiger charge is 2.18. The first-order chi connectivity index (χ1) is 12.7. The van der Waals surface area contributed by atoms with Crippen LogP contribution in [0.25, 0.3) is 11.0 Å². The fourth-order valence-corrected chi connectivity index (χ4v) is 3.73. The van der Waals surface area contributed by atoms with Gasteiger partial charge in [-0.2, -0.15) is 0 Å². The van der Waals surface area contributed by atoms with Crippen molar-refractivity contribution in [2.75, 3.05) is 6.26 Å². The minimum atomic E-state index is -3.28. The number of nitrogens with zero attached hydrogens (tertiary/aromatic N) is 2. The zero-order chi connectivity index (χ0) is 19.6. The highest BCUT2D eigenvalue weighted by molar-refractivity contribution is 7.89. The summed E-state index contributed by atoms with van der Waals surface area (Å²) in [5, 5.41) is 3.56. The Labute approximate surface area is 163 Å². The summed E-state index contributed by atoms with van der Waals surface area (Å²) < 4.78 is 25.1. The number of hydrogen-bond acceptors (Lipinski definition) is 4. The van der Waals surface area contributed by atoms with Crippen molar-refractivity contribution in [2.45, 2.75) is 25.3 Å². The van der Waals surface area contributed by atoms with Gasteiger partial charge in [0.2, 0.25) is 5.91 Å². The van der Waals surface area contributed by atoms with E-state index in [1.54, 1.807) is 22.8 Å². The summed E-state index contributed by atoms with van der Waals surface area (Å²) in [5.74, 6) is -0.0924. The first-order valence-electron chi connectivity index (χ1n) is 8.39. The van der Waals surface area contributed by atoms with Crippen molar-refractivity contribution in [3.8, 4) is 0 Å². The molecule has 0 fully saturated rings. The van der Waals surface area contributed by atoms with Crippen molar-refractivity contribution < 1.29 is 13.2 Å². The zero-order valence-corrected chi connectivity index (χ0v) is 16.6. The van der Waals surface area contributed by atoms with E-state index in [1.807, 2.05) is 37.3 Å². The number of fused-ring (bicyclic) bond motifs is 1. The number of benzene rings is 2. The molecule has 0 aliphatic rings. The Morgan fingerprint density at radius 1 is 1.19 bits per heavy atom. The number of amides is 1. The van der Waals surface area contributed by atoms with Gasteiger partial charge in [-0.05, 0) is 36.8 Å². The molecule has 3 aromatic rings. The fraction of sp³-hybridized carbons (Fsp3) is 0.263. The van der Waals surface area contributed by atoms with Gasteiger partial charge >= 0.3 is 0 Å². The SMILES string of the molecule is C[C@H](NC(=O)Cn1c(CS(C)(=O)=O)nc2ccccc21)c1ccc(Cl)cc1. The molecule has 27 heavy (non-hydrogen) atoms. The molecule has 8 heteroatoms. The van der Waals surface area contributed by atoms with Crippen molar-refractivity contribution in [2.24, 2.45) is 0 Å². The van der Waals surface area contributed by atoms with E-state index < -0.39 is 9.84 Å². The molecule has 142 valence electrons. The summed E-state index contributed by atoms with van der Waals surface area (Å²) >= 11 is 5.90. The van der Waals surface area contributed by atoms with Crippen molar-refractivity contribution in [3.63, 3.8) is 0 Å². The van der Waals surface area contributed by atoms with E-state index in [0.29, 0.717) is 16.4 Å². The summed E-state index contributed by atoms with van der Waals surface area (Å²) in [6.07, 6.45) is 1.15. The molecule has 0 aliphatic carbocycles. The number of imidazole rings is 1. The molecule has 0 radical (unpaired) electrons. The third-order valence-electron chi connectivity index (χ3n) is 4.17. The first-order valence-corrected chi connectivity index (χ1v) is 10.8. The largest absolute Gasteiger partial charge is 0.348 e. The van der Waals surface area contributed by atoms with Crippen LogP contribution in [-0.4, -0.2) is 30.1 Å². The summed E-state index contributed by atoms with van der Waals surface area (Å²) in [5.41, 5.74) is 2.32. The molecule has 0 bridgehead atoms. The molecule has 0 aliphatic heterocycles. The molecule has 1 atom stereocenters. The number of carbonyl (C=O) groups is 1. The maximum absolute atomic E-state index is 12.6. The third-order valence-corrected chi connectivity index (χ3v) is 5.21. The molecule has 2 aromatic carbocycles. The van der Waals surface area contributed by atoms with Crippen LogP contribution in [0.2, 0.25) is 5.02 Å². The summed E-state index contributed by atoms with van der Waals surface area (Å²) in [7, 11) is -3.28. The smallest absolute Gasteiger partial charge is 0.240 e. The van der Waals surface area contributed by atoms with Crippen molar-refractivity contribution >= 4 is 38.4 Å². The Kier molecular flexibility index (Phi) is 5.53. The molecule has 1 aromatic heterocycles. The number of sulfone groups is 1. The molecule has 0 spiro atoms. The van der Waals surface area contributed by atoms with Gasteiger partial charge in [-0.15, -0.1) is 0 Å². The lowest BCUT2D eigenvalue weighted by Crippen LogP contribution is -2.30. The van der Waals surface area contributed by atoms with Gasteiger partial charge in [0.25, 0.3) is 0 Å². The van der Waals surface area contributed by atoms with Gasteiger partial charge in [0.1, 0.15) is 18.1 Å². The molecule has 0 saturated carbocycles. The maximum atomic E-state index is 12.6. The van der Waals surface area contributed by atoms with Gasteiger partial charge in [-0.25, -0.2) is 13.4 Å². The van der Waals surface area contributed by atoms with Crippen LogP contribution in [0.4, 0.5) is 0 Å². The Morgan fingerprint density at radius 2 is 1.85 bits per heavy atom. The first kappa shape index (κ1) is 19.4. The van der Waals surface area contributed by atoms with Crippen LogP contribution < -0.4 is 5.32 Å². The van der Waals surface area contributed by atoms with Gasteiger partial charge < -0.3 is 9.88 Å². The molecule has 0 saturated heterocycles. The third kappa shape index (κ3) is 4.87. The number of para-hydroxylation sites is 2. The highest BCUT2D eigenvalue weighted by Crippen LogP contribution is 2.19. The number of aromatic nitrogens is 2. The molecule has 1 amide bonds. The van der Waals surface area contributed by atoms with Gasteiger partial charge in [0, 0.05) is 11.3 Å². The summed E-state index contributed by atoms with van der Waals surface area (Å²) in [4.78, 5) is 17.0. The summed E-state index contributed by atoms with van der Waals surface area (Å²) in [6.45, 7) is 1.87. The second-order valence-corrected chi connectivity index (χ2v) is 9.09. The van der Waals surface area contributed by atoms with E-state index in [4.69, 9.17) is 11.6 Å². The minimum Gasteiger partial charge on any atom is -0.348 e. The van der Waals surface area contributed by atoms with Gasteiger partial charge in [0.15, 0.2) is 9.84 Å². The van der Waals surface area contributed by atoms with Crippen LogP contribution in [0.3, 0.4) is 0 Å². The second kappa shape index (κ2) is 7.70. The van der Waals surface area contributed by atoms with E-state index in [2.05, 4.69) is 10.3 Å². The number of nitrogens with one attached hydrogen (secondary N) is 1. The second-order valence-electron chi connectivity index (χ2n) is 6.51. The number of rotatable bonds is 6. The maximum Gasteiger partial charge on any atom is 0.240 e. The molecule has 0 unspecified atom stereocenters. The molecule has 6 nitrogen and oxygen atoms in total. The quantitative estimate of drug-likeness (QED) is 0.683. The van der Waals surface area contributed by atoms with E-state index in [9.17, 15) is 13.2 Å². The van der Waals surface area contributed by atoms with E-state index >= 15 is 0 Å². The fourth-order valence-electron chi connectivity index (χ4n) is 2.91. The topological polar surface area (TPSA) is 81.1 Å². The molecule has 1 heterocycles. The lowest BCUT2D eigenvalue weighted by molar-refractivity contribution is -0.122. The van der Waals surface area contributed by atoms with E-state index in [-0.39, 0.29) is 24.2 Å². The zero-order valence-electron chi connectivity index (χ0n) is 15.0. The number of halogens is 1. The highest BCUT2D eigenvalue weighted by atomic mass is 35.5. The molecule has 3 rings (SSSR count). The van der Waals surface area contributed by atoms with Crippen LogP contribution in [0, 0.1) is 0 Å². The molecule has 1 N–H and O–H groups in total. The Morgan fingerprint density at radius 3 is 2.52 bits per heavy atom. The van der Waals surface area contributed by atoms with Crippen LogP contribution in [0.1, 0.15) is 24.4 Å². The number of carbonyl (C=O) groups excluding carboxylic acids is 1. The van der Waals surface area contributed by atoms with Gasteiger partial charge in [-0.3, -0.25) is 4.79 Å². The summed E-state index contributed by atoms with van der Waals surface area (Å²) in [6, 6.07) is 14.3. The minimum absolute atomic E-state index is 0.0106. The van der Waals surface area contributed by atoms with Gasteiger partial charge in [0.05, 0.1) is 17.1 Å². The van der Waals surface area contributed by atoms with Crippen LogP contribution in [0.15, 0.2) is 48.5 Å². The Bertz CT molecular complexity index is 1080. The predicted molar refractivity (Wildman–Crippen MR) is 106 cm³/mol. The molecular weight excluding hydrogens is 386 g/mol.